The molecule has 0 atom stereocenters. The van der Waals surface area contributed by atoms with Gasteiger partial charge >= 0.3 is 5.97 Å². The van der Waals surface area contributed by atoms with Crippen molar-refractivity contribution < 1.29 is 9.90 Å². The summed E-state index contributed by atoms with van der Waals surface area (Å²) in [6.45, 7) is 2.23. The summed E-state index contributed by atoms with van der Waals surface area (Å²) in [5.74, 6) is -0.859. The first kappa shape index (κ1) is 20.4. The summed E-state index contributed by atoms with van der Waals surface area (Å²) in [7, 11) is 0. The zero-order valence-electron chi connectivity index (χ0n) is 14.0. The first-order valence-electron chi connectivity index (χ1n) is 8.61. The van der Waals surface area contributed by atoms with Crippen LogP contribution < -0.4 is 0 Å². The van der Waals surface area contributed by atoms with E-state index in [0.717, 1.165) is 38.5 Å². The predicted octanol–water partition coefficient (Wildman–Crippen LogP) is 6.22. The van der Waals surface area contributed by atoms with Crippen LogP contribution in [0.4, 0.5) is 0 Å². The molecule has 0 unspecified atom stereocenters. The fourth-order valence-corrected chi connectivity index (χ4v) is 2.00. The van der Waals surface area contributed by atoms with Crippen LogP contribution in [0.3, 0.4) is 0 Å². The summed E-state index contributed by atoms with van der Waals surface area (Å²) in [4.78, 5) is 10.3. The summed E-state index contributed by atoms with van der Waals surface area (Å²) >= 11 is 0. The molecule has 0 saturated carbocycles. The van der Waals surface area contributed by atoms with Gasteiger partial charge in [-0.3, -0.25) is 0 Å². The van der Waals surface area contributed by atoms with E-state index < -0.39 is 5.97 Å². The molecule has 124 valence electrons. The van der Waals surface area contributed by atoms with Crippen LogP contribution in [0.15, 0.2) is 48.6 Å². The third kappa shape index (κ3) is 18.4. The van der Waals surface area contributed by atoms with Crippen molar-refractivity contribution in [3.8, 4) is 0 Å². The maximum Gasteiger partial charge on any atom is 0.327 e. The average molecular weight is 304 g/mol. The fourth-order valence-electron chi connectivity index (χ4n) is 2.00. The molecule has 1 N–H and O–H groups in total. The lowest BCUT2D eigenvalue weighted by Gasteiger charge is -1.92. The number of unbranched alkanes of at least 4 members (excludes halogenated alkanes) is 6. The Bertz CT molecular complexity index is 362. The minimum absolute atomic E-state index is 0.852. The smallest absolute Gasteiger partial charge is 0.327 e. The van der Waals surface area contributed by atoms with Crippen LogP contribution in [0.5, 0.6) is 0 Å². The molecule has 22 heavy (non-hydrogen) atoms. The Balaban J connectivity index is 3.35. The van der Waals surface area contributed by atoms with Gasteiger partial charge in [-0.1, -0.05) is 62.3 Å². The summed E-state index contributed by atoms with van der Waals surface area (Å²) in [6.07, 6.45) is 27.6. The van der Waals surface area contributed by atoms with E-state index in [2.05, 4.69) is 43.4 Å². The quantitative estimate of drug-likeness (QED) is 0.235. The Labute approximate surface area is 136 Å². The van der Waals surface area contributed by atoms with Gasteiger partial charge in [0.15, 0.2) is 0 Å². The fraction of sp³-hybridized carbons (Fsp3) is 0.550. The van der Waals surface area contributed by atoms with Crippen molar-refractivity contribution in [2.45, 2.75) is 71.1 Å². The van der Waals surface area contributed by atoms with Crippen molar-refractivity contribution in [2.24, 2.45) is 0 Å². The Morgan fingerprint density at radius 3 is 1.68 bits per heavy atom. The highest BCUT2D eigenvalue weighted by atomic mass is 16.4. The molecule has 0 bridgehead atoms. The molecule has 2 nitrogen and oxygen atoms in total. The molecule has 0 aromatic rings. The lowest BCUT2D eigenvalue weighted by molar-refractivity contribution is -0.131. The summed E-state index contributed by atoms with van der Waals surface area (Å²) in [5.41, 5.74) is 0. The molecular weight excluding hydrogens is 272 g/mol. The van der Waals surface area contributed by atoms with Gasteiger partial charge in [-0.05, 0) is 51.4 Å². The average Bonchev–Trinajstić information content (AvgIpc) is 2.50. The van der Waals surface area contributed by atoms with Gasteiger partial charge in [0.25, 0.3) is 0 Å². The molecule has 0 spiro atoms. The van der Waals surface area contributed by atoms with Gasteiger partial charge in [0.1, 0.15) is 0 Å². The molecular formula is C20H32O2. The van der Waals surface area contributed by atoms with Gasteiger partial charge in [-0.2, -0.15) is 0 Å². The van der Waals surface area contributed by atoms with E-state index >= 15 is 0 Å². The minimum Gasteiger partial charge on any atom is -0.478 e. The third-order valence-corrected chi connectivity index (χ3v) is 3.27. The molecule has 0 aromatic carbocycles. The molecule has 0 aliphatic rings. The van der Waals surface area contributed by atoms with Crippen molar-refractivity contribution in [1.82, 2.24) is 0 Å². The number of rotatable bonds is 14. The van der Waals surface area contributed by atoms with E-state index in [0.29, 0.717) is 0 Å². The van der Waals surface area contributed by atoms with Gasteiger partial charge in [-0.15, -0.1) is 0 Å². The van der Waals surface area contributed by atoms with Crippen LogP contribution in [-0.4, -0.2) is 11.1 Å². The van der Waals surface area contributed by atoms with Gasteiger partial charge in [0.05, 0.1) is 0 Å². The Hall–Kier alpha value is -1.57. The normalized spacial score (nSPS) is 12.4. The number of hydrogen-bond acceptors (Lipinski definition) is 1. The first-order valence-corrected chi connectivity index (χ1v) is 8.61. The van der Waals surface area contributed by atoms with Crippen LogP contribution >= 0.6 is 0 Å². The molecule has 0 radical (unpaired) electrons. The topological polar surface area (TPSA) is 37.3 Å². The first-order chi connectivity index (χ1) is 10.8. The highest BCUT2D eigenvalue weighted by molar-refractivity contribution is 5.79. The number of aliphatic carboxylic acids is 1. The lowest BCUT2D eigenvalue weighted by atomic mass is 10.1. The van der Waals surface area contributed by atoms with Crippen LogP contribution in [0.2, 0.25) is 0 Å². The van der Waals surface area contributed by atoms with Gasteiger partial charge in [0.2, 0.25) is 0 Å². The minimum atomic E-state index is -0.859. The van der Waals surface area contributed by atoms with E-state index in [1.165, 1.54) is 31.8 Å². The molecule has 0 aliphatic carbocycles. The molecule has 0 saturated heterocycles. The van der Waals surface area contributed by atoms with Crippen molar-refractivity contribution in [1.29, 1.82) is 0 Å². The monoisotopic (exact) mass is 304 g/mol. The SMILES string of the molecule is CCCCCC=CCC=CCC=CCCCCC=CC(=O)O. The number of allylic oxidation sites excluding steroid dienone is 7. The van der Waals surface area contributed by atoms with Crippen molar-refractivity contribution in [3.05, 3.63) is 48.6 Å². The summed E-state index contributed by atoms with van der Waals surface area (Å²) in [6, 6.07) is 0. The molecule has 0 rings (SSSR count). The van der Waals surface area contributed by atoms with E-state index in [-0.39, 0.29) is 0 Å². The zero-order chi connectivity index (χ0) is 16.3. The summed E-state index contributed by atoms with van der Waals surface area (Å²) < 4.78 is 0. The second kappa shape index (κ2) is 17.5. The van der Waals surface area contributed by atoms with E-state index in [1.807, 2.05) is 0 Å². The lowest BCUT2D eigenvalue weighted by Crippen LogP contribution is -1.85. The molecule has 0 aromatic heterocycles. The van der Waals surface area contributed by atoms with E-state index in [9.17, 15) is 4.79 Å². The molecule has 0 heterocycles. The van der Waals surface area contributed by atoms with E-state index in [1.54, 1.807) is 6.08 Å². The van der Waals surface area contributed by atoms with Crippen LogP contribution in [-0.2, 0) is 4.79 Å². The highest BCUT2D eigenvalue weighted by Gasteiger charge is 1.86. The van der Waals surface area contributed by atoms with Gasteiger partial charge < -0.3 is 5.11 Å². The standard InChI is InChI=1S/C20H32O2/c1-2-3-4-5-6-7-8-9-10-11-12-13-14-15-16-17-18-19-20(21)22/h6-7,9-10,12-13,18-19H,2-5,8,11,14-17H2,1H3,(H,21,22). The number of carbonyl (C=O) groups is 1. The van der Waals surface area contributed by atoms with Crippen LogP contribution in [0, 0.1) is 0 Å². The van der Waals surface area contributed by atoms with Gasteiger partial charge in [-0.25, -0.2) is 4.79 Å². The number of hydrogen-bond donors (Lipinski definition) is 1. The molecule has 0 amide bonds. The summed E-state index contributed by atoms with van der Waals surface area (Å²) in [5, 5.41) is 8.43. The number of carboxylic acids is 1. The largest absolute Gasteiger partial charge is 0.478 e. The second-order valence-electron chi connectivity index (χ2n) is 5.41. The molecule has 0 aliphatic heterocycles. The molecule has 0 fully saturated rings. The van der Waals surface area contributed by atoms with Crippen LogP contribution in [0.25, 0.3) is 0 Å². The zero-order valence-corrected chi connectivity index (χ0v) is 14.0. The third-order valence-electron chi connectivity index (χ3n) is 3.27. The van der Waals surface area contributed by atoms with Crippen molar-refractivity contribution in [2.75, 3.05) is 0 Å². The van der Waals surface area contributed by atoms with E-state index in [4.69, 9.17) is 5.11 Å². The van der Waals surface area contributed by atoms with Crippen molar-refractivity contribution >= 4 is 5.97 Å². The maximum absolute atomic E-state index is 10.3. The second-order valence-corrected chi connectivity index (χ2v) is 5.41. The van der Waals surface area contributed by atoms with Crippen LogP contribution in [0.1, 0.15) is 71.1 Å². The Morgan fingerprint density at radius 2 is 1.18 bits per heavy atom. The Morgan fingerprint density at radius 1 is 0.727 bits per heavy atom. The van der Waals surface area contributed by atoms with Gasteiger partial charge in [0, 0.05) is 6.08 Å². The maximum atomic E-state index is 10.3. The van der Waals surface area contributed by atoms with Crippen molar-refractivity contribution in [3.63, 3.8) is 0 Å². The predicted molar refractivity (Wildman–Crippen MR) is 96.0 cm³/mol. The highest BCUT2D eigenvalue weighted by Crippen LogP contribution is 2.03. The molecule has 2 heteroatoms. The Kier molecular flexibility index (Phi) is 16.2. The number of carboxylic acid groups (broad SMARTS) is 1.